The summed E-state index contributed by atoms with van der Waals surface area (Å²) in [6.07, 6.45) is -0.323. The van der Waals surface area contributed by atoms with Gasteiger partial charge in [-0.1, -0.05) is 6.92 Å². The van der Waals surface area contributed by atoms with Gasteiger partial charge in [-0.15, -0.1) is 0 Å². The topological polar surface area (TPSA) is 77.4 Å². The Morgan fingerprint density at radius 1 is 0.682 bits per heavy atom. The second-order valence-electron chi connectivity index (χ2n) is 5.88. The lowest BCUT2D eigenvalue weighted by Gasteiger charge is -2.20. The number of ether oxygens (including phenoxy) is 4. The molecule has 0 aromatic rings. The van der Waals surface area contributed by atoms with Crippen molar-refractivity contribution in [2.45, 2.75) is 71.6 Å². The summed E-state index contributed by atoms with van der Waals surface area (Å²) in [6, 6.07) is 0. The molecule has 0 rings (SSSR count). The summed E-state index contributed by atoms with van der Waals surface area (Å²) < 4.78 is 22.1. The van der Waals surface area contributed by atoms with Crippen LogP contribution in [-0.2, 0) is 18.9 Å². The Balaban J connectivity index is 3.60. The molecule has 0 aliphatic heterocycles. The first kappa shape index (κ1) is 21.8. The summed E-state index contributed by atoms with van der Waals surface area (Å²) in [6.45, 7) is 11.4. The molecule has 0 amide bonds. The molecule has 5 unspecified atom stereocenters. The zero-order valence-electron chi connectivity index (χ0n) is 14.7. The minimum atomic E-state index is -0.463. The van der Waals surface area contributed by atoms with Crippen LogP contribution in [0.2, 0.25) is 0 Å². The molecule has 0 spiro atoms. The van der Waals surface area contributed by atoms with Crippen molar-refractivity contribution in [3.63, 3.8) is 0 Å². The lowest BCUT2D eigenvalue weighted by atomic mass is 10.3. The molecule has 22 heavy (non-hydrogen) atoms. The predicted molar refractivity (Wildman–Crippen MR) is 85.0 cm³/mol. The van der Waals surface area contributed by atoms with E-state index < -0.39 is 12.2 Å². The van der Waals surface area contributed by atoms with Gasteiger partial charge >= 0.3 is 0 Å². The normalized spacial score (nSPS) is 18.7. The first-order chi connectivity index (χ1) is 10.3. The standard InChI is InChI=1S/C16H34O6/c1-6-16(18)11-19-8-13(3)21-10-15(5)22-9-14(4)20-7-12(2)17/h12-18H,6-11H2,1-5H3. The highest BCUT2D eigenvalue weighted by molar-refractivity contribution is 4.56. The molecular weight excluding hydrogens is 288 g/mol. The van der Waals surface area contributed by atoms with Gasteiger partial charge in [0, 0.05) is 0 Å². The molecule has 6 heteroatoms. The Kier molecular flexibility index (Phi) is 13.1. The fraction of sp³-hybridized carbons (Fsp3) is 1.00. The highest BCUT2D eigenvalue weighted by Crippen LogP contribution is 2.02. The van der Waals surface area contributed by atoms with E-state index in [1.54, 1.807) is 6.92 Å². The summed E-state index contributed by atoms with van der Waals surface area (Å²) in [5, 5.41) is 18.5. The molecule has 0 aliphatic carbocycles. The smallest absolute Gasteiger partial charge is 0.0781 e. The first-order valence-corrected chi connectivity index (χ1v) is 8.13. The Hall–Kier alpha value is -0.240. The maximum absolute atomic E-state index is 9.38. The Morgan fingerprint density at radius 3 is 1.59 bits per heavy atom. The quantitative estimate of drug-likeness (QED) is 0.503. The van der Waals surface area contributed by atoms with E-state index >= 15 is 0 Å². The highest BCUT2D eigenvalue weighted by atomic mass is 16.6. The average Bonchev–Trinajstić information content (AvgIpc) is 2.48. The van der Waals surface area contributed by atoms with Crippen LogP contribution in [0.15, 0.2) is 0 Å². The van der Waals surface area contributed by atoms with E-state index in [4.69, 9.17) is 24.1 Å². The molecule has 0 aromatic heterocycles. The number of aliphatic hydroxyl groups excluding tert-OH is 2. The summed E-state index contributed by atoms with van der Waals surface area (Å²) >= 11 is 0. The highest BCUT2D eigenvalue weighted by Gasteiger charge is 2.11. The number of aliphatic hydroxyl groups is 2. The molecule has 2 N–H and O–H groups in total. The van der Waals surface area contributed by atoms with Crippen molar-refractivity contribution < 1.29 is 29.2 Å². The number of rotatable bonds is 14. The van der Waals surface area contributed by atoms with Crippen LogP contribution in [-0.4, -0.2) is 73.8 Å². The maximum atomic E-state index is 9.38. The van der Waals surface area contributed by atoms with Crippen LogP contribution in [0.1, 0.15) is 41.0 Å². The molecule has 134 valence electrons. The van der Waals surface area contributed by atoms with E-state index in [2.05, 4.69) is 0 Å². The molecule has 6 nitrogen and oxygen atoms in total. The van der Waals surface area contributed by atoms with Gasteiger partial charge in [0.2, 0.25) is 0 Å². The van der Waals surface area contributed by atoms with Crippen molar-refractivity contribution >= 4 is 0 Å². The second kappa shape index (κ2) is 13.2. The van der Waals surface area contributed by atoms with Gasteiger partial charge in [0.05, 0.1) is 63.6 Å². The minimum absolute atomic E-state index is 0.0405. The van der Waals surface area contributed by atoms with E-state index in [9.17, 15) is 5.11 Å². The van der Waals surface area contributed by atoms with Gasteiger partial charge in [-0.25, -0.2) is 0 Å². The fourth-order valence-corrected chi connectivity index (χ4v) is 1.54. The van der Waals surface area contributed by atoms with Crippen molar-refractivity contribution in [2.75, 3.05) is 33.0 Å². The van der Waals surface area contributed by atoms with Gasteiger partial charge in [-0.2, -0.15) is 0 Å². The Labute approximate surface area is 134 Å². The third-order valence-corrected chi connectivity index (χ3v) is 2.99. The summed E-state index contributed by atoms with van der Waals surface area (Å²) in [5.74, 6) is 0. The van der Waals surface area contributed by atoms with Crippen molar-refractivity contribution in [2.24, 2.45) is 0 Å². The third kappa shape index (κ3) is 13.4. The maximum Gasteiger partial charge on any atom is 0.0781 e. The van der Waals surface area contributed by atoms with Gasteiger partial charge < -0.3 is 29.2 Å². The largest absolute Gasteiger partial charge is 0.391 e. The van der Waals surface area contributed by atoms with Crippen LogP contribution in [0, 0.1) is 0 Å². The Morgan fingerprint density at radius 2 is 1.14 bits per heavy atom. The van der Waals surface area contributed by atoms with Gasteiger partial charge in [0.25, 0.3) is 0 Å². The van der Waals surface area contributed by atoms with Gasteiger partial charge in [0.15, 0.2) is 0 Å². The second-order valence-corrected chi connectivity index (χ2v) is 5.88. The zero-order chi connectivity index (χ0) is 17.0. The molecule has 0 aromatic carbocycles. The van der Waals surface area contributed by atoms with Crippen molar-refractivity contribution in [3.8, 4) is 0 Å². The van der Waals surface area contributed by atoms with Crippen LogP contribution in [0.3, 0.4) is 0 Å². The molecular formula is C16H34O6. The van der Waals surface area contributed by atoms with Crippen molar-refractivity contribution in [1.82, 2.24) is 0 Å². The molecule has 0 heterocycles. The SMILES string of the molecule is CCC(O)COCC(C)OCC(C)OCC(C)OCC(C)O. The van der Waals surface area contributed by atoms with E-state index in [1.807, 2.05) is 27.7 Å². The number of hydrogen-bond acceptors (Lipinski definition) is 6. The lowest BCUT2D eigenvalue weighted by molar-refractivity contribution is -0.0898. The summed E-state index contributed by atoms with van der Waals surface area (Å²) in [5.41, 5.74) is 0. The van der Waals surface area contributed by atoms with Gasteiger partial charge in [0.1, 0.15) is 0 Å². The molecule has 0 bridgehead atoms. The molecule has 5 atom stereocenters. The monoisotopic (exact) mass is 322 g/mol. The first-order valence-electron chi connectivity index (χ1n) is 8.13. The van der Waals surface area contributed by atoms with E-state index in [0.717, 1.165) is 0 Å². The summed E-state index contributed by atoms with van der Waals surface area (Å²) in [7, 11) is 0. The number of hydrogen-bond donors (Lipinski definition) is 2. The van der Waals surface area contributed by atoms with Gasteiger partial charge in [-0.05, 0) is 34.1 Å². The Bertz CT molecular complexity index is 249. The van der Waals surface area contributed by atoms with Crippen LogP contribution < -0.4 is 0 Å². The van der Waals surface area contributed by atoms with E-state index in [1.165, 1.54) is 0 Å². The van der Waals surface area contributed by atoms with Gasteiger partial charge in [-0.3, -0.25) is 0 Å². The zero-order valence-corrected chi connectivity index (χ0v) is 14.7. The molecule has 0 aliphatic rings. The van der Waals surface area contributed by atoms with Crippen molar-refractivity contribution in [3.05, 3.63) is 0 Å². The van der Waals surface area contributed by atoms with Crippen LogP contribution in [0.4, 0.5) is 0 Å². The van der Waals surface area contributed by atoms with Crippen LogP contribution in [0.5, 0.6) is 0 Å². The van der Waals surface area contributed by atoms with E-state index in [0.29, 0.717) is 39.5 Å². The summed E-state index contributed by atoms with van der Waals surface area (Å²) in [4.78, 5) is 0. The molecule has 0 radical (unpaired) electrons. The van der Waals surface area contributed by atoms with Crippen LogP contribution in [0.25, 0.3) is 0 Å². The molecule has 0 saturated carbocycles. The minimum Gasteiger partial charge on any atom is -0.391 e. The van der Waals surface area contributed by atoms with Crippen LogP contribution >= 0.6 is 0 Å². The fourth-order valence-electron chi connectivity index (χ4n) is 1.54. The van der Waals surface area contributed by atoms with Crippen molar-refractivity contribution in [1.29, 1.82) is 0 Å². The predicted octanol–water partition coefficient (Wildman–Crippen LogP) is 1.37. The average molecular weight is 322 g/mol. The lowest BCUT2D eigenvalue weighted by Crippen LogP contribution is -2.28. The van der Waals surface area contributed by atoms with E-state index in [-0.39, 0.29) is 18.3 Å². The molecule has 0 fully saturated rings. The third-order valence-electron chi connectivity index (χ3n) is 2.99. The molecule has 0 saturated heterocycles.